The molecule has 2 N–H and O–H groups in total. The molecule has 0 saturated carbocycles. The number of aliphatic hydroxyl groups excluding tert-OH is 1. The molecule has 2 fully saturated rings. The van der Waals surface area contributed by atoms with Crippen molar-refractivity contribution in [3.8, 4) is 0 Å². The van der Waals surface area contributed by atoms with E-state index in [1.165, 1.54) is 0 Å². The third-order valence-electron chi connectivity index (χ3n) is 4.14. The Kier molecular flexibility index (Phi) is 4.78. The molecule has 0 radical (unpaired) electrons. The Morgan fingerprint density at radius 3 is 2.61 bits per heavy atom. The first kappa shape index (κ1) is 13.6. The van der Waals surface area contributed by atoms with Gasteiger partial charge in [0.1, 0.15) is 0 Å². The van der Waals surface area contributed by atoms with Crippen molar-refractivity contribution < 1.29 is 19.7 Å². The molecular weight excluding hydrogens is 232 g/mol. The summed E-state index contributed by atoms with van der Waals surface area (Å²) in [6.07, 6.45) is 9.69. The Balaban J connectivity index is 1.69. The van der Waals surface area contributed by atoms with E-state index in [0.717, 1.165) is 25.7 Å². The highest BCUT2D eigenvalue weighted by Crippen LogP contribution is 2.44. The minimum absolute atomic E-state index is 0.221. The monoisotopic (exact) mass is 254 g/mol. The van der Waals surface area contributed by atoms with Crippen LogP contribution in [0.2, 0.25) is 0 Å². The Hall–Kier alpha value is -0.870. The van der Waals surface area contributed by atoms with E-state index in [-0.39, 0.29) is 19.1 Å². The van der Waals surface area contributed by atoms with E-state index in [4.69, 9.17) is 9.84 Å². The van der Waals surface area contributed by atoms with E-state index >= 15 is 0 Å². The van der Waals surface area contributed by atoms with Gasteiger partial charge in [-0.2, -0.15) is 0 Å². The Labute approximate surface area is 108 Å². The first-order valence-electron chi connectivity index (χ1n) is 6.85. The van der Waals surface area contributed by atoms with Crippen LogP contribution in [-0.2, 0) is 9.53 Å². The maximum atomic E-state index is 10.3. The molecule has 4 nitrogen and oxygen atoms in total. The number of unbranched alkanes of at least 4 members (excludes halogenated alkanes) is 1. The molecule has 0 aromatic heterocycles. The van der Waals surface area contributed by atoms with Crippen LogP contribution in [0.15, 0.2) is 12.2 Å². The number of hydrogen-bond donors (Lipinski definition) is 2. The molecule has 2 rings (SSSR count). The van der Waals surface area contributed by atoms with Gasteiger partial charge >= 0.3 is 5.97 Å². The summed E-state index contributed by atoms with van der Waals surface area (Å²) in [4.78, 5) is 10.3. The maximum Gasteiger partial charge on any atom is 0.303 e. The number of carboxylic acids is 1. The van der Waals surface area contributed by atoms with Crippen LogP contribution in [0.5, 0.6) is 0 Å². The number of allylic oxidation sites excluding steroid dienone is 2. The van der Waals surface area contributed by atoms with E-state index in [0.29, 0.717) is 24.4 Å². The predicted molar refractivity (Wildman–Crippen MR) is 67.2 cm³/mol. The van der Waals surface area contributed by atoms with Crippen molar-refractivity contribution in [3.63, 3.8) is 0 Å². The predicted octanol–water partition coefficient (Wildman–Crippen LogP) is 1.97. The third kappa shape index (κ3) is 3.12. The number of aliphatic hydroxyl groups is 1. The van der Waals surface area contributed by atoms with Gasteiger partial charge < -0.3 is 14.9 Å². The first-order chi connectivity index (χ1) is 8.72. The van der Waals surface area contributed by atoms with Gasteiger partial charge in [0.25, 0.3) is 0 Å². The quantitative estimate of drug-likeness (QED) is 0.538. The van der Waals surface area contributed by atoms with Crippen LogP contribution in [0.25, 0.3) is 0 Å². The zero-order chi connectivity index (χ0) is 13.0. The van der Waals surface area contributed by atoms with Crippen LogP contribution in [0, 0.1) is 11.8 Å². The molecule has 18 heavy (non-hydrogen) atoms. The molecule has 2 aliphatic heterocycles. The average Bonchev–Trinajstić information content (AvgIpc) is 2.93. The van der Waals surface area contributed by atoms with E-state index in [1.54, 1.807) is 0 Å². The van der Waals surface area contributed by atoms with Crippen LogP contribution < -0.4 is 0 Å². The average molecular weight is 254 g/mol. The fraction of sp³-hybridized carbons (Fsp3) is 0.786. The molecule has 4 atom stereocenters. The molecule has 0 aromatic carbocycles. The second-order valence-corrected chi connectivity index (χ2v) is 5.29. The van der Waals surface area contributed by atoms with Crippen molar-refractivity contribution in [1.29, 1.82) is 0 Å². The van der Waals surface area contributed by atoms with E-state index < -0.39 is 5.97 Å². The highest BCUT2D eigenvalue weighted by atomic mass is 16.5. The minimum atomic E-state index is -0.731. The summed E-state index contributed by atoms with van der Waals surface area (Å²) in [5.74, 6) is 0.0159. The van der Waals surface area contributed by atoms with Crippen LogP contribution in [0.4, 0.5) is 0 Å². The second kappa shape index (κ2) is 6.34. The van der Waals surface area contributed by atoms with Gasteiger partial charge in [-0.1, -0.05) is 12.2 Å². The van der Waals surface area contributed by atoms with Crippen LogP contribution in [-0.4, -0.2) is 35.0 Å². The maximum absolute atomic E-state index is 10.3. The number of rotatable bonds is 7. The van der Waals surface area contributed by atoms with E-state index in [2.05, 4.69) is 12.2 Å². The lowest BCUT2D eigenvalue weighted by molar-refractivity contribution is -0.137. The smallest absolute Gasteiger partial charge is 0.303 e. The van der Waals surface area contributed by atoms with Gasteiger partial charge in [-0.05, 0) is 38.0 Å². The number of aliphatic carboxylic acids is 1. The van der Waals surface area contributed by atoms with E-state index in [1.807, 2.05) is 0 Å². The summed E-state index contributed by atoms with van der Waals surface area (Å²) in [5.41, 5.74) is 0. The molecular formula is C14H22O4. The third-order valence-corrected chi connectivity index (χ3v) is 4.14. The summed E-state index contributed by atoms with van der Waals surface area (Å²) in [5, 5.41) is 17.9. The first-order valence-corrected chi connectivity index (χ1v) is 6.85. The number of carboxylic acid groups (broad SMARTS) is 1. The molecule has 0 aromatic rings. The highest BCUT2D eigenvalue weighted by Gasteiger charge is 2.47. The minimum Gasteiger partial charge on any atom is -0.481 e. The highest BCUT2D eigenvalue weighted by molar-refractivity contribution is 5.66. The lowest BCUT2D eigenvalue weighted by Gasteiger charge is -2.25. The summed E-state index contributed by atoms with van der Waals surface area (Å²) < 4.78 is 5.83. The molecule has 0 spiro atoms. The summed E-state index contributed by atoms with van der Waals surface area (Å²) in [7, 11) is 0. The molecule has 2 bridgehead atoms. The number of fused-ring (bicyclic) bond motifs is 2. The van der Waals surface area contributed by atoms with Gasteiger partial charge in [-0.3, -0.25) is 4.79 Å². The molecule has 2 saturated heterocycles. The SMILES string of the molecule is O=C(O)CCCC=CC[C@@H]1[C@H](CO)[C@@H]2CC[C@H]1O2. The molecule has 0 amide bonds. The normalized spacial score (nSPS) is 34.5. The van der Waals surface area contributed by atoms with Crippen molar-refractivity contribution in [2.75, 3.05) is 6.61 Å². The Morgan fingerprint density at radius 1 is 1.22 bits per heavy atom. The molecule has 0 aliphatic carbocycles. The van der Waals surface area contributed by atoms with Crippen LogP contribution in [0.1, 0.15) is 38.5 Å². The molecule has 2 heterocycles. The summed E-state index contributed by atoms with van der Waals surface area (Å²) in [6, 6.07) is 0. The van der Waals surface area contributed by atoms with Gasteiger partial charge in [-0.25, -0.2) is 0 Å². The Bertz CT molecular complexity index is 313. The van der Waals surface area contributed by atoms with Gasteiger partial charge in [0.15, 0.2) is 0 Å². The van der Waals surface area contributed by atoms with Crippen molar-refractivity contribution in [2.45, 2.75) is 50.7 Å². The topological polar surface area (TPSA) is 66.8 Å². The Morgan fingerprint density at radius 2 is 1.94 bits per heavy atom. The largest absolute Gasteiger partial charge is 0.481 e. The van der Waals surface area contributed by atoms with Crippen LogP contribution >= 0.6 is 0 Å². The number of hydrogen-bond acceptors (Lipinski definition) is 3. The van der Waals surface area contributed by atoms with Crippen molar-refractivity contribution >= 4 is 5.97 Å². The van der Waals surface area contributed by atoms with Gasteiger partial charge in [0.2, 0.25) is 0 Å². The summed E-state index contributed by atoms with van der Waals surface area (Å²) >= 11 is 0. The van der Waals surface area contributed by atoms with Crippen molar-refractivity contribution in [1.82, 2.24) is 0 Å². The molecule has 2 aliphatic rings. The lowest BCUT2D eigenvalue weighted by Crippen LogP contribution is -2.29. The fourth-order valence-electron chi connectivity index (χ4n) is 3.19. The van der Waals surface area contributed by atoms with Crippen molar-refractivity contribution in [3.05, 3.63) is 12.2 Å². The molecule has 0 unspecified atom stereocenters. The van der Waals surface area contributed by atoms with Gasteiger partial charge in [0, 0.05) is 18.9 Å². The second-order valence-electron chi connectivity index (χ2n) is 5.29. The van der Waals surface area contributed by atoms with Gasteiger partial charge in [-0.15, -0.1) is 0 Å². The molecule has 4 heteroatoms. The standard InChI is InChI=1S/C14H22O4/c15-9-11-10(12-7-8-13(11)18-12)5-3-1-2-4-6-14(16)17/h1,3,10-13,15H,2,4-9H2,(H,16,17)/t10-,11+,12-,13+/m1/s1. The zero-order valence-corrected chi connectivity index (χ0v) is 10.6. The van der Waals surface area contributed by atoms with Gasteiger partial charge in [0.05, 0.1) is 12.2 Å². The number of carbonyl (C=O) groups is 1. The summed E-state index contributed by atoms with van der Waals surface area (Å²) in [6.45, 7) is 0.221. The van der Waals surface area contributed by atoms with Crippen molar-refractivity contribution in [2.24, 2.45) is 11.8 Å². The van der Waals surface area contributed by atoms with Crippen LogP contribution in [0.3, 0.4) is 0 Å². The number of ether oxygens (including phenoxy) is 1. The van der Waals surface area contributed by atoms with E-state index in [9.17, 15) is 9.90 Å². The molecule has 102 valence electrons. The fourth-order valence-corrected chi connectivity index (χ4v) is 3.19. The lowest BCUT2D eigenvalue weighted by atomic mass is 9.78. The zero-order valence-electron chi connectivity index (χ0n) is 10.6.